The van der Waals surface area contributed by atoms with Gasteiger partial charge in [0.2, 0.25) is 0 Å². The van der Waals surface area contributed by atoms with Crippen molar-refractivity contribution >= 4 is 78.9 Å². The lowest BCUT2D eigenvalue weighted by Crippen LogP contribution is -2.37. The van der Waals surface area contributed by atoms with Gasteiger partial charge in [0.1, 0.15) is 34.8 Å². The Kier molecular flexibility index (Phi) is 11.2. The highest BCUT2D eigenvalue weighted by atomic mass is 32.1. The van der Waals surface area contributed by atoms with E-state index in [0.717, 1.165) is 43.3 Å². The van der Waals surface area contributed by atoms with E-state index in [-0.39, 0.29) is 12.5 Å². The van der Waals surface area contributed by atoms with Gasteiger partial charge < -0.3 is 10.1 Å². The van der Waals surface area contributed by atoms with Crippen LogP contribution in [0.4, 0.5) is 16.2 Å². The Bertz CT molecular complexity index is 2680. The van der Waals surface area contributed by atoms with Crippen molar-refractivity contribution in [3.8, 4) is 10.6 Å². The van der Waals surface area contributed by atoms with Gasteiger partial charge in [-0.1, -0.05) is 102 Å². The number of carbonyl (C=O) groups excluding carboxylic acids is 2. The lowest BCUT2D eigenvalue weighted by atomic mass is 10.1. The molecule has 0 unspecified atom stereocenters. The van der Waals surface area contributed by atoms with Gasteiger partial charge in [-0.05, 0) is 94.7 Å². The number of ether oxygens (including phenoxy) is 1. The molecule has 0 spiro atoms. The van der Waals surface area contributed by atoms with Crippen LogP contribution in [0.15, 0.2) is 175 Å². The fraction of sp³-hybridized carbons (Fsp3) is 0.0851. The zero-order chi connectivity index (χ0) is 39.9. The molecule has 0 saturated carbocycles. The van der Waals surface area contributed by atoms with Gasteiger partial charge >= 0.3 is 6.09 Å². The van der Waals surface area contributed by atoms with Crippen molar-refractivity contribution in [2.45, 2.75) is 6.61 Å². The maximum absolute atomic E-state index is 13.7. The number of nitrogens with zero attached hydrogens (tertiary/aromatic N) is 5. The van der Waals surface area contributed by atoms with Crippen LogP contribution in [0.25, 0.3) is 42.0 Å². The number of aromatic nitrogens is 1. The summed E-state index contributed by atoms with van der Waals surface area (Å²) in [5.74, 6) is -0.111. The highest BCUT2D eigenvalue weighted by molar-refractivity contribution is 7.95. The molecule has 0 aliphatic carbocycles. The number of amides is 2. The van der Waals surface area contributed by atoms with Gasteiger partial charge in [-0.15, -0.1) is 11.3 Å². The minimum absolute atomic E-state index is 0.0883. The third-order valence-electron chi connectivity index (χ3n) is 10.2. The highest BCUT2D eigenvalue weighted by Crippen LogP contribution is 2.54. The van der Waals surface area contributed by atoms with Crippen molar-refractivity contribution in [2.75, 3.05) is 24.7 Å². The number of thiazole rings is 1. The van der Waals surface area contributed by atoms with Crippen LogP contribution < -0.4 is 26.1 Å². The first-order chi connectivity index (χ1) is 28.4. The first-order valence-electron chi connectivity index (χ1n) is 18.7. The Labute approximate surface area is 340 Å². The normalized spacial score (nSPS) is 11.2. The van der Waals surface area contributed by atoms with Crippen LogP contribution in [0.5, 0.6) is 0 Å². The monoisotopic (exact) mass is 797 g/mol. The molecule has 0 aliphatic rings. The quantitative estimate of drug-likeness (QED) is 0.0573. The minimum atomic E-state index is -2.07. The Morgan fingerprint density at radius 3 is 2.02 bits per heavy atom. The van der Waals surface area contributed by atoms with Gasteiger partial charge in [-0.2, -0.15) is 0 Å². The van der Waals surface area contributed by atoms with Crippen LogP contribution in [0.1, 0.15) is 15.9 Å². The lowest BCUT2D eigenvalue weighted by molar-refractivity contribution is 0.0956. The number of rotatable bonds is 12. The highest BCUT2D eigenvalue weighted by Gasteiger charge is 2.44. The Morgan fingerprint density at radius 2 is 1.38 bits per heavy atom. The molecule has 284 valence electrons. The van der Waals surface area contributed by atoms with Gasteiger partial charge in [0.15, 0.2) is 0 Å². The van der Waals surface area contributed by atoms with E-state index in [9.17, 15) is 9.59 Å². The summed E-state index contributed by atoms with van der Waals surface area (Å²) in [6, 6.07) is 56.6. The number of benzene rings is 7. The van der Waals surface area contributed by atoms with E-state index in [1.165, 1.54) is 20.8 Å². The molecule has 1 N–H and O–H groups in total. The zero-order valence-corrected chi connectivity index (χ0v) is 33.3. The molecular weight excluding hydrogens is 760 g/mol. The number of hydrogen-bond acceptors (Lipinski definition) is 6. The van der Waals surface area contributed by atoms with E-state index < -0.39 is 13.4 Å². The fourth-order valence-electron chi connectivity index (χ4n) is 7.14. The van der Waals surface area contributed by atoms with Crippen molar-refractivity contribution in [1.82, 2.24) is 10.3 Å². The molecule has 11 heteroatoms. The smallest absolute Gasteiger partial charge is 0.414 e. The van der Waals surface area contributed by atoms with E-state index >= 15 is 0 Å². The van der Waals surface area contributed by atoms with Gasteiger partial charge in [0, 0.05) is 34.5 Å². The van der Waals surface area contributed by atoms with Gasteiger partial charge in [0.25, 0.3) is 5.91 Å². The molecule has 8 aromatic rings. The second-order valence-electron chi connectivity index (χ2n) is 13.7. The van der Waals surface area contributed by atoms with Crippen molar-refractivity contribution in [1.29, 1.82) is 0 Å². The van der Waals surface area contributed by atoms with Crippen LogP contribution in [-0.4, -0.2) is 36.7 Å². The summed E-state index contributed by atoms with van der Waals surface area (Å²) in [6.07, 6.45) is 0.295. The second kappa shape index (κ2) is 17.1. The average Bonchev–Trinajstić information content (AvgIpc) is 3.72. The summed E-state index contributed by atoms with van der Waals surface area (Å²) in [6.45, 7) is 0.605. The first kappa shape index (κ1) is 38.1. The Balaban J connectivity index is 0.955. The van der Waals surface area contributed by atoms with Crippen LogP contribution >= 0.6 is 18.6 Å². The van der Waals surface area contributed by atoms with Gasteiger partial charge in [0.05, 0.1) is 22.9 Å². The predicted molar refractivity (Wildman–Crippen MR) is 239 cm³/mol. The van der Waals surface area contributed by atoms with E-state index in [2.05, 4.69) is 112 Å². The van der Waals surface area contributed by atoms with E-state index in [1.807, 2.05) is 48.5 Å². The largest absolute Gasteiger partial charge is 0.444 e. The lowest BCUT2D eigenvalue weighted by Gasteiger charge is -2.27. The van der Waals surface area contributed by atoms with E-state index in [1.54, 1.807) is 42.6 Å². The molecule has 0 saturated heterocycles. The van der Waals surface area contributed by atoms with Crippen molar-refractivity contribution < 1.29 is 14.3 Å². The molecular formula is C47H38N6O3PS+. The molecule has 9 nitrogen and oxygen atoms in total. The third-order valence-corrected chi connectivity index (χ3v) is 15.7. The molecule has 1 heterocycles. The van der Waals surface area contributed by atoms with Crippen LogP contribution in [0.2, 0.25) is 0 Å². The summed E-state index contributed by atoms with van der Waals surface area (Å²) in [4.78, 5) is 35.7. The topological polar surface area (TPSA) is 120 Å². The van der Waals surface area contributed by atoms with Crippen LogP contribution in [0, 0.1) is 0 Å². The minimum Gasteiger partial charge on any atom is -0.444 e. The molecule has 58 heavy (non-hydrogen) atoms. The summed E-state index contributed by atoms with van der Waals surface area (Å²) in [5, 5.41) is 13.5. The number of nitrogens with one attached hydrogen (secondary N) is 1. The standard InChI is InChI=1S/C47H37N6O3PS/c1-53(47(55)56-32-33-17-23-38(24-18-33)51-52-48)39-25-21-34-29-37(20-19-35(34)30-39)46-50-43-26-22-36(31-44(43)58-46)45(54)49-27-28-57(40-11-5-2-6-12-40,41-13-7-3-8-14-41)42-15-9-4-10-16-42/h2-26,29-31H,27-28,32H2,1H3/p+1. The molecule has 1 aromatic heterocycles. The number of hydrogen-bond donors (Lipinski definition) is 1. The molecule has 8 rings (SSSR count). The molecule has 2 amide bonds. The van der Waals surface area contributed by atoms with Crippen LogP contribution in [-0.2, 0) is 11.3 Å². The molecule has 0 fully saturated rings. The fourth-order valence-corrected chi connectivity index (χ4v) is 12.3. The molecule has 0 bridgehead atoms. The van der Waals surface area contributed by atoms with Crippen molar-refractivity contribution in [3.05, 3.63) is 191 Å². The maximum atomic E-state index is 13.7. The van der Waals surface area contributed by atoms with Crippen LogP contribution in [0.3, 0.4) is 0 Å². The Hall–Kier alpha value is -6.83. The zero-order valence-electron chi connectivity index (χ0n) is 31.6. The molecule has 0 radical (unpaired) electrons. The Morgan fingerprint density at radius 1 is 0.759 bits per heavy atom. The molecule has 0 aliphatic heterocycles. The molecule has 0 atom stereocenters. The molecule has 7 aromatic carbocycles. The van der Waals surface area contributed by atoms with Crippen molar-refractivity contribution in [2.24, 2.45) is 5.11 Å². The van der Waals surface area contributed by atoms with Crippen molar-refractivity contribution in [3.63, 3.8) is 0 Å². The van der Waals surface area contributed by atoms with E-state index in [0.29, 0.717) is 23.5 Å². The third kappa shape index (κ3) is 8.03. The summed E-state index contributed by atoms with van der Waals surface area (Å²) < 4.78 is 6.46. The SMILES string of the molecule is CN(C(=O)OCc1ccc(N=[N+]=[N-])cc1)c1ccc2cc(-c3nc4ccc(C(=O)NCC[P+](c5ccccc5)(c5ccccc5)c5ccccc5)cc4s3)ccc2c1. The number of fused-ring (bicyclic) bond motifs is 2. The number of azide groups is 1. The number of anilines is 1. The number of carbonyl (C=O) groups is 2. The maximum Gasteiger partial charge on any atom is 0.414 e. The summed E-state index contributed by atoms with van der Waals surface area (Å²) in [5.41, 5.74) is 13.0. The van der Waals surface area contributed by atoms with E-state index in [4.69, 9.17) is 15.3 Å². The van der Waals surface area contributed by atoms with Gasteiger partial charge in [-0.25, -0.2) is 9.78 Å². The van der Waals surface area contributed by atoms with Gasteiger partial charge in [-0.3, -0.25) is 9.69 Å². The summed E-state index contributed by atoms with van der Waals surface area (Å²) in [7, 11) is -0.400. The first-order valence-corrected chi connectivity index (χ1v) is 21.5. The summed E-state index contributed by atoms with van der Waals surface area (Å²) >= 11 is 1.55. The second-order valence-corrected chi connectivity index (χ2v) is 18.4. The average molecular weight is 798 g/mol. The predicted octanol–water partition coefficient (Wildman–Crippen LogP) is 10.6.